The molecule has 0 aliphatic rings. The summed E-state index contributed by atoms with van der Waals surface area (Å²) in [5.41, 5.74) is 3.84. The van der Waals surface area contributed by atoms with Gasteiger partial charge in [-0.3, -0.25) is 14.6 Å². The van der Waals surface area contributed by atoms with Crippen LogP contribution in [0.2, 0.25) is 0 Å². The van der Waals surface area contributed by atoms with Gasteiger partial charge in [-0.25, -0.2) is 0 Å². The molecule has 0 radical (unpaired) electrons. The molecule has 0 aliphatic carbocycles. The normalized spacial score (nSPS) is 10.4. The Hall–Kier alpha value is -4.11. The van der Waals surface area contributed by atoms with E-state index >= 15 is 0 Å². The van der Waals surface area contributed by atoms with Crippen molar-refractivity contribution in [2.75, 3.05) is 0 Å². The van der Waals surface area contributed by atoms with Gasteiger partial charge in [0.05, 0.1) is 5.69 Å². The Kier molecular flexibility index (Phi) is 5.44. The summed E-state index contributed by atoms with van der Waals surface area (Å²) in [6.07, 6.45) is 3.32. The fourth-order valence-electron chi connectivity index (χ4n) is 3.49. The number of carbonyl (C=O) groups is 2. The van der Waals surface area contributed by atoms with Gasteiger partial charge in [0.1, 0.15) is 0 Å². The van der Waals surface area contributed by atoms with Crippen LogP contribution in [0.5, 0.6) is 0 Å². The molecule has 30 heavy (non-hydrogen) atoms. The van der Waals surface area contributed by atoms with Gasteiger partial charge in [0.25, 0.3) is 0 Å². The van der Waals surface area contributed by atoms with Gasteiger partial charge in [-0.05, 0) is 17.7 Å². The largest absolute Gasteiger partial charge is 0.289 e. The minimum atomic E-state index is -0.172. The second-order valence-corrected chi connectivity index (χ2v) is 6.76. The van der Waals surface area contributed by atoms with E-state index in [9.17, 15) is 9.59 Å². The molecule has 0 amide bonds. The van der Waals surface area contributed by atoms with Crippen molar-refractivity contribution in [2.45, 2.75) is 0 Å². The number of pyridine rings is 1. The number of nitrogens with zero attached hydrogens (tertiary/aromatic N) is 1. The maximum Gasteiger partial charge on any atom is 0.194 e. The van der Waals surface area contributed by atoms with E-state index in [-0.39, 0.29) is 11.6 Å². The SMILES string of the molecule is C=Cc1ccccc1C(=O)c1cccc(C(=O)c2ccccc2)c1-c1ccccn1. The second-order valence-electron chi connectivity index (χ2n) is 6.76. The van der Waals surface area contributed by atoms with E-state index in [0.29, 0.717) is 33.5 Å². The molecule has 3 nitrogen and oxygen atoms in total. The van der Waals surface area contributed by atoms with E-state index in [2.05, 4.69) is 11.6 Å². The third kappa shape index (κ3) is 3.61. The first-order chi connectivity index (χ1) is 14.7. The molecule has 0 unspecified atom stereocenters. The van der Waals surface area contributed by atoms with Crippen LogP contribution in [0.4, 0.5) is 0 Å². The third-order valence-electron chi connectivity index (χ3n) is 4.94. The molecule has 3 aromatic carbocycles. The van der Waals surface area contributed by atoms with Gasteiger partial charge in [0.2, 0.25) is 0 Å². The number of rotatable bonds is 6. The summed E-state index contributed by atoms with van der Waals surface area (Å²) in [4.78, 5) is 31.3. The number of ketones is 2. The summed E-state index contributed by atoms with van der Waals surface area (Å²) in [5, 5.41) is 0. The molecule has 0 spiro atoms. The Morgan fingerprint density at radius 2 is 1.30 bits per heavy atom. The predicted octanol–water partition coefficient (Wildman–Crippen LogP) is 5.85. The van der Waals surface area contributed by atoms with Crippen molar-refractivity contribution in [1.29, 1.82) is 0 Å². The lowest BCUT2D eigenvalue weighted by Gasteiger charge is -2.14. The lowest BCUT2D eigenvalue weighted by atomic mass is 9.88. The van der Waals surface area contributed by atoms with E-state index in [0.717, 1.165) is 5.56 Å². The summed E-state index contributed by atoms with van der Waals surface area (Å²) in [5.74, 6) is -0.322. The van der Waals surface area contributed by atoms with Crippen molar-refractivity contribution >= 4 is 17.6 Å². The minimum Gasteiger partial charge on any atom is -0.289 e. The smallest absolute Gasteiger partial charge is 0.194 e. The van der Waals surface area contributed by atoms with Crippen LogP contribution in [0.15, 0.2) is 104 Å². The zero-order valence-electron chi connectivity index (χ0n) is 16.3. The maximum absolute atomic E-state index is 13.5. The first-order valence-electron chi connectivity index (χ1n) is 9.61. The van der Waals surface area contributed by atoms with Gasteiger partial charge < -0.3 is 0 Å². The second kappa shape index (κ2) is 8.50. The van der Waals surface area contributed by atoms with E-state index in [1.807, 2.05) is 48.5 Å². The molecule has 144 valence electrons. The fourth-order valence-corrected chi connectivity index (χ4v) is 3.49. The summed E-state index contributed by atoms with van der Waals surface area (Å²) >= 11 is 0. The molecule has 0 atom stereocenters. The molecule has 0 saturated heterocycles. The van der Waals surface area contributed by atoms with Crippen molar-refractivity contribution in [3.8, 4) is 11.3 Å². The van der Waals surface area contributed by atoms with Crippen LogP contribution in [0.25, 0.3) is 17.3 Å². The highest BCUT2D eigenvalue weighted by Crippen LogP contribution is 2.30. The van der Waals surface area contributed by atoms with E-state index in [1.165, 1.54) is 0 Å². The first kappa shape index (κ1) is 19.2. The molecule has 4 aromatic rings. The standard InChI is InChI=1S/C27H19NO2/c1-2-19-11-6-7-14-21(19)27(30)23-16-10-15-22(25(23)24-17-8-9-18-28-24)26(29)20-12-4-3-5-13-20/h2-18H,1H2. The lowest BCUT2D eigenvalue weighted by molar-refractivity contribution is 0.103. The molecule has 0 fully saturated rings. The van der Waals surface area contributed by atoms with Gasteiger partial charge >= 0.3 is 0 Å². The van der Waals surface area contributed by atoms with Crippen LogP contribution in [-0.4, -0.2) is 16.6 Å². The number of aromatic nitrogens is 1. The monoisotopic (exact) mass is 389 g/mol. The highest BCUT2D eigenvalue weighted by atomic mass is 16.1. The number of benzene rings is 3. The quantitative estimate of drug-likeness (QED) is 0.388. The maximum atomic E-state index is 13.5. The lowest BCUT2D eigenvalue weighted by Crippen LogP contribution is -2.11. The van der Waals surface area contributed by atoms with Gasteiger partial charge in [0, 0.05) is 34.0 Å². The van der Waals surface area contributed by atoms with Crippen LogP contribution < -0.4 is 0 Å². The van der Waals surface area contributed by atoms with Crippen LogP contribution in [0, 0.1) is 0 Å². The Bertz CT molecular complexity index is 1230. The van der Waals surface area contributed by atoms with Crippen LogP contribution in [0.1, 0.15) is 37.4 Å². The number of hydrogen-bond acceptors (Lipinski definition) is 3. The van der Waals surface area contributed by atoms with Crippen molar-refractivity contribution in [1.82, 2.24) is 4.98 Å². The van der Waals surface area contributed by atoms with Gasteiger partial charge in [-0.15, -0.1) is 0 Å². The highest BCUT2D eigenvalue weighted by Gasteiger charge is 2.23. The van der Waals surface area contributed by atoms with Crippen molar-refractivity contribution < 1.29 is 9.59 Å². The molecule has 0 N–H and O–H groups in total. The zero-order valence-corrected chi connectivity index (χ0v) is 16.3. The molecule has 4 rings (SSSR count). The molecular formula is C27H19NO2. The Morgan fingerprint density at radius 3 is 2.00 bits per heavy atom. The molecule has 0 saturated carbocycles. The van der Waals surface area contributed by atoms with Crippen LogP contribution in [0.3, 0.4) is 0 Å². The number of carbonyl (C=O) groups excluding carboxylic acids is 2. The van der Waals surface area contributed by atoms with E-state index in [4.69, 9.17) is 0 Å². The third-order valence-corrected chi connectivity index (χ3v) is 4.94. The van der Waals surface area contributed by atoms with E-state index in [1.54, 1.807) is 54.7 Å². The fraction of sp³-hybridized carbons (Fsp3) is 0. The van der Waals surface area contributed by atoms with Gasteiger partial charge in [0.15, 0.2) is 11.6 Å². The Balaban J connectivity index is 1.95. The molecule has 1 aromatic heterocycles. The van der Waals surface area contributed by atoms with E-state index < -0.39 is 0 Å². The Morgan fingerprint density at radius 1 is 0.667 bits per heavy atom. The number of hydrogen-bond donors (Lipinski definition) is 0. The molecule has 0 bridgehead atoms. The topological polar surface area (TPSA) is 47.0 Å². The predicted molar refractivity (Wildman–Crippen MR) is 120 cm³/mol. The first-order valence-corrected chi connectivity index (χ1v) is 9.61. The van der Waals surface area contributed by atoms with Gasteiger partial charge in [-0.1, -0.05) is 91.5 Å². The summed E-state index contributed by atoms with van der Waals surface area (Å²) in [6, 6.07) is 27.0. The summed E-state index contributed by atoms with van der Waals surface area (Å²) in [7, 11) is 0. The zero-order chi connectivity index (χ0) is 20.9. The molecule has 0 aliphatic heterocycles. The van der Waals surface area contributed by atoms with Crippen molar-refractivity contribution in [3.05, 3.63) is 132 Å². The Labute approximate surface area is 175 Å². The average molecular weight is 389 g/mol. The molecule has 1 heterocycles. The molecular weight excluding hydrogens is 370 g/mol. The minimum absolute atomic E-state index is 0.150. The van der Waals surface area contributed by atoms with Crippen molar-refractivity contribution in [3.63, 3.8) is 0 Å². The summed E-state index contributed by atoms with van der Waals surface area (Å²) in [6.45, 7) is 3.82. The highest BCUT2D eigenvalue weighted by molar-refractivity contribution is 6.19. The van der Waals surface area contributed by atoms with Gasteiger partial charge in [-0.2, -0.15) is 0 Å². The summed E-state index contributed by atoms with van der Waals surface area (Å²) < 4.78 is 0. The average Bonchev–Trinajstić information content (AvgIpc) is 2.83. The van der Waals surface area contributed by atoms with Crippen LogP contribution in [-0.2, 0) is 0 Å². The molecule has 3 heteroatoms. The van der Waals surface area contributed by atoms with Crippen molar-refractivity contribution in [2.24, 2.45) is 0 Å². The van der Waals surface area contributed by atoms with Crippen LogP contribution >= 0.6 is 0 Å².